The van der Waals surface area contributed by atoms with Crippen molar-refractivity contribution >= 4 is 45.1 Å². The maximum absolute atomic E-state index is 5.86. The number of benzene rings is 2. The van der Waals surface area contributed by atoms with Crippen LogP contribution in [-0.4, -0.2) is 0 Å². The molecule has 3 heteroatoms. The van der Waals surface area contributed by atoms with Crippen LogP contribution in [0, 0.1) is 0 Å². The minimum atomic E-state index is -0.502. The van der Waals surface area contributed by atoms with E-state index in [1.807, 2.05) is 42.5 Å². The van der Waals surface area contributed by atoms with Gasteiger partial charge in [0.2, 0.25) is 0 Å². The van der Waals surface area contributed by atoms with Crippen LogP contribution in [0.1, 0.15) is 10.4 Å². The smallest absolute Gasteiger partial charge is 0.135 e. The molecule has 0 spiro atoms. The van der Waals surface area contributed by atoms with Crippen LogP contribution in [-0.2, 0) is 0 Å². The standard InChI is InChI=1S/C13H8Cl2O/c14-13(15)8-5-6-12-10(7-8)9-3-1-2-4-11(9)16-12/h1-7,13H. The number of para-hydroxylation sites is 1. The summed E-state index contributed by atoms with van der Waals surface area (Å²) in [6.07, 6.45) is 0. The van der Waals surface area contributed by atoms with Crippen LogP contribution in [0.4, 0.5) is 0 Å². The zero-order valence-electron chi connectivity index (χ0n) is 8.28. The summed E-state index contributed by atoms with van der Waals surface area (Å²) in [5.41, 5.74) is 2.64. The van der Waals surface area contributed by atoms with Gasteiger partial charge in [-0.15, -0.1) is 23.2 Å². The molecule has 0 radical (unpaired) electrons. The quantitative estimate of drug-likeness (QED) is 0.551. The van der Waals surface area contributed by atoms with Crippen molar-refractivity contribution < 1.29 is 4.42 Å². The number of fused-ring (bicyclic) bond motifs is 3. The molecule has 16 heavy (non-hydrogen) atoms. The van der Waals surface area contributed by atoms with Crippen molar-refractivity contribution in [2.24, 2.45) is 0 Å². The highest BCUT2D eigenvalue weighted by molar-refractivity contribution is 6.44. The third-order valence-electron chi connectivity index (χ3n) is 2.65. The molecule has 80 valence electrons. The van der Waals surface area contributed by atoms with Crippen molar-refractivity contribution in [3.8, 4) is 0 Å². The molecule has 1 aromatic heterocycles. The fourth-order valence-electron chi connectivity index (χ4n) is 1.88. The molecule has 0 saturated carbocycles. The van der Waals surface area contributed by atoms with Gasteiger partial charge in [-0.25, -0.2) is 0 Å². The van der Waals surface area contributed by atoms with Crippen molar-refractivity contribution in [1.82, 2.24) is 0 Å². The topological polar surface area (TPSA) is 13.1 Å². The molecule has 0 amide bonds. The fraction of sp³-hybridized carbons (Fsp3) is 0.0769. The van der Waals surface area contributed by atoms with Crippen LogP contribution < -0.4 is 0 Å². The molecule has 0 aliphatic heterocycles. The molecule has 2 aromatic carbocycles. The lowest BCUT2D eigenvalue weighted by molar-refractivity contribution is 0.669. The van der Waals surface area contributed by atoms with Crippen molar-refractivity contribution in [2.45, 2.75) is 4.84 Å². The highest BCUT2D eigenvalue weighted by Crippen LogP contribution is 2.33. The first kappa shape index (κ1) is 10.0. The number of alkyl halides is 2. The Morgan fingerprint density at radius 2 is 1.62 bits per heavy atom. The van der Waals surface area contributed by atoms with Gasteiger partial charge in [-0.2, -0.15) is 0 Å². The predicted octanol–water partition coefficient (Wildman–Crippen LogP) is 5.06. The molecular weight excluding hydrogens is 243 g/mol. The summed E-state index contributed by atoms with van der Waals surface area (Å²) in [4.78, 5) is -0.502. The zero-order valence-corrected chi connectivity index (χ0v) is 9.79. The van der Waals surface area contributed by atoms with Gasteiger partial charge in [0.05, 0.1) is 0 Å². The van der Waals surface area contributed by atoms with Gasteiger partial charge in [-0.3, -0.25) is 0 Å². The first-order valence-electron chi connectivity index (χ1n) is 4.95. The molecule has 0 fully saturated rings. The van der Waals surface area contributed by atoms with E-state index in [4.69, 9.17) is 27.6 Å². The van der Waals surface area contributed by atoms with E-state index in [-0.39, 0.29) is 0 Å². The van der Waals surface area contributed by atoms with E-state index < -0.39 is 4.84 Å². The van der Waals surface area contributed by atoms with E-state index in [1.54, 1.807) is 0 Å². The minimum absolute atomic E-state index is 0.502. The van der Waals surface area contributed by atoms with E-state index in [2.05, 4.69) is 0 Å². The normalized spacial score (nSPS) is 11.7. The summed E-state index contributed by atoms with van der Waals surface area (Å²) < 4.78 is 5.70. The Morgan fingerprint density at radius 3 is 2.44 bits per heavy atom. The molecule has 0 N–H and O–H groups in total. The second-order valence-corrected chi connectivity index (χ2v) is 4.75. The second kappa shape index (κ2) is 3.69. The number of halogens is 2. The lowest BCUT2D eigenvalue weighted by atomic mass is 10.1. The first-order valence-corrected chi connectivity index (χ1v) is 5.82. The predicted molar refractivity (Wildman–Crippen MR) is 68.2 cm³/mol. The third-order valence-corrected chi connectivity index (χ3v) is 3.16. The first-order chi connectivity index (χ1) is 7.75. The van der Waals surface area contributed by atoms with Crippen LogP contribution in [0.5, 0.6) is 0 Å². The Morgan fingerprint density at radius 1 is 0.875 bits per heavy atom. The minimum Gasteiger partial charge on any atom is -0.456 e. The summed E-state index contributed by atoms with van der Waals surface area (Å²) in [6, 6.07) is 13.7. The van der Waals surface area contributed by atoms with Crippen LogP contribution in [0.15, 0.2) is 46.9 Å². The van der Waals surface area contributed by atoms with Gasteiger partial charge < -0.3 is 4.42 Å². The Bertz CT molecular complexity index is 655. The SMILES string of the molecule is ClC(Cl)c1ccc2oc3ccccc3c2c1. The Hall–Kier alpha value is -1.18. The highest BCUT2D eigenvalue weighted by Gasteiger charge is 2.09. The molecule has 0 aliphatic carbocycles. The molecule has 3 aromatic rings. The largest absolute Gasteiger partial charge is 0.456 e. The molecule has 0 saturated heterocycles. The average molecular weight is 251 g/mol. The van der Waals surface area contributed by atoms with Crippen LogP contribution in [0.25, 0.3) is 21.9 Å². The number of rotatable bonds is 1. The number of hydrogen-bond acceptors (Lipinski definition) is 1. The number of furan rings is 1. The monoisotopic (exact) mass is 250 g/mol. The van der Waals surface area contributed by atoms with Crippen LogP contribution in [0.2, 0.25) is 0 Å². The zero-order chi connectivity index (χ0) is 11.1. The molecule has 0 bridgehead atoms. The summed E-state index contributed by atoms with van der Waals surface area (Å²) in [5, 5.41) is 2.15. The van der Waals surface area contributed by atoms with E-state index in [9.17, 15) is 0 Å². The van der Waals surface area contributed by atoms with E-state index >= 15 is 0 Å². The van der Waals surface area contributed by atoms with Crippen molar-refractivity contribution in [2.75, 3.05) is 0 Å². The third kappa shape index (κ3) is 1.48. The Balaban J connectivity index is 2.40. The van der Waals surface area contributed by atoms with Gasteiger partial charge in [-0.05, 0) is 23.8 Å². The van der Waals surface area contributed by atoms with Crippen molar-refractivity contribution in [1.29, 1.82) is 0 Å². The van der Waals surface area contributed by atoms with Crippen LogP contribution >= 0.6 is 23.2 Å². The molecule has 0 atom stereocenters. The molecule has 1 heterocycles. The second-order valence-electron chi connectivity index (χ2n) is 3.65. The Labute approximate surface area is 103 Å². The molecule has 0 unspecified atom stereocenters. The number of hydrogen-bond donors (Lipinski definition) is 0. The maximum atomic E-state index is 5.86. The lowest BCUT2D eigenvalue weighted by Crippen LogP contribution is -1.79. The fourth-order valence-corrected chi connectivity index (χ4v) is 2.15. The van der Waals surface area contributed by atoms with Crippen LogP contribution in [0.3, 0.4) is 0 Å². The van der Waals surface area contributed by atoms with Crippen molar-refractivity contribution in [3.05, 3.63) is 48.0 Å². The van der Waals surface area contributed by atoms with Gasteiger partial charge in [0.15, 0.2) is 0 Å². The molecular formula is C13H8Cl2O. The van der Waals surface area contributed by atoms with Gasteiger partial charge in [-0.1, -0.05) is 24.3 Å². The van der Waals surface area contributed by atoms with E-state index in [0.717, 1.165) is 27.5 Å². The maximum Gasteiger partial charge on any atom is 0.135 e. The summed E-state index contributed by atoms with van der Waals surface area (Å²) in [5.74, 6) is 0. The van der Waals surface area contributed by atoms with Gasteiger partial charge in [0.1, 0.15) is 16.0 Å². The Kier molecular flexibility index (Phi) is 2.31. The van der Waals surface area contributed by atoms with Crippen molar-refractivity contribution in [3.63, 3.8) is 0 Å². The molecule has 1 nitrogen and oxygen atoms in total. The van der Waals surface area contributed by atoms with Gasteiger partial charge >= 0.3 is 0 Å². The average Bonchev–Trinajstić information content (AvgIpc) is 2.66. The summed E-state index contributed by atoms with van der Waals surface area (Å²) in [6.45, 7) is 0. The van der Waals surface area contributed by atoms with E-state index in [1.165, 1.54) is 0 Å². The summed E-state index contributed by atoms with van der Waals surface area (Å²) in [7, 11) is 0. The van der Waals surface area contributed by atoms with E-state index in [0.29, 0.717) is 0 Å². The lowest BCUT2D eigenvalue weighted by Gasteiger charge is -2.00. The van der Waals surface area contributed by atoms with Gasteiger partial charge in [0.25, 0.3) is 0 Å². The molecule has 3 rings (SSSR count). The molecule has 0 aliphatic rings. The summed E-state index contributed by atoms with van der Waals surface area (Å²) >= 11 is 11.7. The highest BCUT2D eigenvalue weighted by atomic mass is 35.5. The van der Waals surface area contributed by atoms with Gasteiger partial charge in [0, 0.05) is 10.8 Å².